The van der Waals surface area contributed by atoms with Gasteiger partial charge in [-0.25, -0.2) is 14.8 Å². The molecule has 1 aromatic carbocycles. The first-order valence-corrected chi connectivity index (χ1v) is 13.8. The van der Waals surface area contributed by atoms with E-state index in [9.17, 15) is 22.8 Å². The van der Waals surface area contributed by atoms with Crippen LogP contribution in [0.5, 0.6) is 0 Å². The number of aromatic nitrogens is 4. The van der Waals surface area contributed by atoms with Crippen molar-refractivity contribution in [1.29, 1.82) is 0 Å². The predicted octanol–water partition coefficient (Wildman–Crippen LogP) is 4.06. The number of halogens is 4. The molecule has 0 spiro atoms. The fourth-order valence-corrected chi connectivity index (χ4v) is 6.88. The Balaban J connectivity index is 1.43. The second-order valence-electron chi connectivity index (χ2n) is 9.82. The zero-order valence-electron chi connectivity index (χ0n) is 20.7. The number of hydrogen-bond acceptors (Lipinski definition) is 7. The van der Waals surface area contributed by atoms with E-state index >= 15 is 0 Å². The quantitative estimate of drug-likeness (QED) is 0.386. The molecule has 0 amide bonds. The van der Waals surface area contributed by atoms with Crippen molar-refractivity contribution in [2.45, 2.75) is 44.6 Å². The number of anilines is 1. The van der Waals surface area contributed by atoms with Crippen LogP contribution in [0.3, 0.4) is 0 Å². The number of benzene rings is 1. The van der Waals surface area contributed by atoms with Gasteiger partial charge in [-0.3, -0.25) is 13.9 Å². The minimum Gasteiger partial charge on any atom is -0.366 e. The molecule has 1 atom stereocenters. The minimum absolute atomic E-state index is 0.176. The van der Waals surface area contributed by atoms with E-state index in [4.69, 9.17) is 11.6 Å². The second kappa shape index (κ2) is 10.1. The summed E-state index contributed by atoms with van der Waals surface area (Å²) in [6, 6.07) is 7.01. The van der Waals surface area contributed by atoms with Crippen molar-refractivity contribution in [3.63, 3.8) is 0 Å². The molecule has 2 aliphatic heterocycles. The molecule has 0 unspecified atom stereocenters. The fraction of sp³-hybridized carbons (Fsp3) is 0.385. The molecular weight excluding hydrogens is 553 g/mol. The summed E-state index contributed by atoms with van der Waals surface area (Å²) in [6.07, 6.45) is 0.732. The van der Waals surface area contributed by atoms with E-state index in [1.54, 1.807) is 6.07 Å². The summed E-state index contributed by atoms with van der Waals surface area (Å²) in [7, 11) is 0. The summed E-state index contributed by atoms with van der Waals surface area (Å²) >= 11 is 7.88. The number of aryl methyl sites for hydroxylation is 1. The van der Waals surface area contributed by atoms with Gasteiger partial charge in [0.15, 0.2) is 0 Å². The van der Waals surface area contributed by atoms with Crippen LogP contribution < -0.4 is 21.5 Å². The van der Waals surface area contributed by atoms with E-state index in [1.165, 1.54) is 23.2 Å². The molecule has 0 aliphatic carbocycles. The Bertz CT molecular complexity index is 1680. The van der Waals surface area contributed by atoms with Gasteiger partial charge in [-0.1, -0.05) is 11.6 Å². The summed E-state index contributed by atoms with van der Waals surface area (Å²) in [5, 5.41) is 4.05. The lowest BCUT2D eigenvalue weighted by molar-refractivity contribution is -0.141. The SMILES string of the molecule is O=c1ccn(CC(F)(F)F)c(=O)n1Cc1cc2ncnc(-c3cc(Cl)cc4c3N([C@@H]3CCNC3)CCC4)c2s1. The third-order valence-electron chi connectivity index (χ3n) is 7.18. The number of fused-ring (bicyclic) bond motifs is 2. The van der Waals surface area contributed by atoms with Crippen LogP contribution >= 0.6 is 22.9 Å². The van der Waals surface area contributed by atoms with Crippen LogP contribution in [0.2, 0.25) is 5.02 Å². The Morgan fingerprint density at radius 2 is 2.03 bits per heavy atom. The van der Waals surface area contributed by atoms with Crippen LogP contribution in [-0.2, 0) is 19.5 Å². The summed E-state index contributed by atoms with van der Waals surface area (Å²) in [6.45, 7) is 1.15. The van der Waals surface area contributed by atoms with Gasteiger partial charge in [-0.2, -0.15) is 13.2 Å². The number of nitrogens with one attached hydrogen (secondary N) is 1. The van der Waals surface area contributed by atoms with E-state index in [0.29, 0.717) is 31.7 Å². The van der Waals surface area contributed by atoms with E-state index < -0.39 is 24.0 Å². The molecule has 0 radical (unpaired) electrons. The number of rotatable bonds is 5. The highest BCUT2D eigenvalue weighted by Gasteiger charge is 2.31. The van der Waals surface area contributed by atoms with E-state index in [2.05, 4.69) is 20.2 Å². The molecule has 6 rings (SSSR count). The molecule has 0 bridgehead atoms. The first kappa shape index (κ1) is 26.0. The molecule has 1 saturated heterocycles. The Morgan fingerprint density at radius 3 is 2.79 bits per heavy atom. The van der Waals surface area contributed by atoms with Gasteiger partial charge in [0.1, 0.15) is 12.9 Å². The molecule has 8 nitrogen and oxygen atoms in total. The molecule has 39 heavy (non-hydrogen) atoms. The van der Waals surface area contributed by atoms with Crippen molar-refractivity contribution in [3.8, 4) is 11.3 Å². The molecule has 3 aromatic heterocycles. The molecule has 13 heteroatoms. The largest absolute Gasteiger partial charge is 0.406 e. The summed E-state index contributed by atoms with van der Waals surface area (Å²) in [5.74, 6) is 0. The summed E-state index contributed by atoms with van der Waals surface area (Å²) < 4.78 is 40.8. The van der Waals surface area contributed by atoms with Crippen LogP contribution in [0.1, 0.15) is 23.3 Å². The smallest absolute Gasteiger partial charge is 0.366 e. The highest BCUT2D eigenvalue weighted by atomic mass is 35.5. The Kier molecular flexibility index (Phi) is 6.72. The van der Waals surface area contributed by atoms with Crippen molar-refractivity contribution in [2.75, 3.05) is 24.5 Å². The average molecular weight is 577 g/mol. The van der Waals surface area contributed by atoms with Crippen molar-refractivity contribution in [1.82, 2.24) is 24.4 Å². The maximum absolute atomic E-state index is 12.9. The Hall–Kier alpha value is -3.22. The first-order chi connectivity index (χ1) is 18.7. The van der Waals surface area contributed by atoms with Crippen molar-refractivity contribution >= 4 is 38.8 Å². The van der Waals surface area contributed by atoms with Crippen LogP contribution in [0.25, 0.3) is 21.5 Å². The fourth-order valence-electron chi connectivity index (χ4n) is 5.53. The standard InChI is InChI=1S/C26H24ClF3N6O2S/c27-16-8-15-2-1-6-35(17-3-5-31-11-17)23(15)19(9-16)22-24-20(32-14-33-22)10-18(39-24)12-36-21(37)4-7-34(25(36)38)13-26(28,29)30/h4,7-10,14,17,31H,1-3,5-6,11-13H2/t17-/m1/s1. The van der Waals surface area contributed by atoms with Gasteiger partial charge < -0.3 is 10.2 Å². The maximum Gasteiger partial charge on any atom is 0.406 e. The lowest BCUT2D eigenvalue weighted by Crippen LogP contribution is -2.41. The van der Waals surface area contributed by atoms with E-state index in [0.717, 1.165) is 71.7 Å². The van der Waals surface area contributed by atoms with Crippen molar-refractivity contribution in [2.24, 2.45) is 0 Å². The molecule has 1 fully saturated rings. The van der Waals surface area contributed by atoms with Gasteiger partial charge in [0.05, 0.1) is 22.5 Å². The van der Waals surface area contributed by atoms with Gasteiger partial charge in [-0.15, -0.1) is 11.3 Å². The zero-order valence-corrected chi connectivity index (χ0v) is 22.2. The van der Waals surface area contributed by atoms with Gasteiger partial charge >= 0.3 is 11.9 Å². The van der Waals surface area contributed by atoms with Gasteiger partial charge in [-0.05, 0) is 49.6 Å². The molecule has 5 heterocycles. The van der Waals surface area contributed by atoms with Crippen molar-refractivity contribution < 1.29 is 13.2 Å². The average Bonchev–Trinajstić information content (AvgIpc) is 3.56. The third kappa shape index (κ3) is 5.08. The van der Waals surface area contributed by atoms with Crippen LogP contribution in [-0.4, -0.2) is 51.0 Å². The van der Waals surface area contributed by atoms with Crippen LogP contribution in [0.4, 0.5) is 18.9 Å². The maximum atomic E-state index is 12.9. The molecular formula is C26H24ClF3N6O2S. The molecule has 204 valence electrons. The van der Waals surface area contributed by atoms with E-state index in [-0.39, 0.29) is 6.54 Å². The number of nitrogens with zero attached hydrogens (tertiary/aromatic N) is 5. The van der Waals surface area contributed by atoms with E-state index in [1.807, 2.05) is 12.1 Å². The lowest BCUT2D eigenvalue weighted by atomic mass is 9.94. The number of alkyl halides is 3. The van der Waals surface area contributed by atoms with Crippen LogP contribution in [0, 0.1) is 0 Å². The Labute approximate surface area is 229 Å². The molecule has 2 aliphatic rings. The molecule has 4 aromatic rings. The van der Waals surface area contributed by atoms with Crippen molar-refractivity contribution in [3.05, 3.63) is 73.1 Å². The lowest BCUT2D eigenvalue weighted by Gasteiger charge is -2.37. The minimum atomic E-state index is -4.59. The Morgan fingerprint density at radius 1 is 1.18 bits per heavy atom. The van der Waals surface area contributed by atoms with Gasteiger partial charge in [0.2, 0.25) is 0 Å². The summed E-state index contributed by atoms with van der Waals surface area (Å²) in [4.78, 5) is 37.2. The summed E-state index contributed by atoms with van der Waals surface area (Å²) in [5.41, 5.74) is 2.80. The van der Waals surface area contributed by atoms with Gasteiger partial charge in [0.25, 0.3) is 5.56 Å². The zero-order chi connectivity index (χ0) is 27.3. The number of hydrogen-bond donors (Lipinski definition) is 1. The van der Waals surface area contributed by atoms with Gasteiger partial charge in [0, 0.05) is 52.5 Å². The molecule has 1 N–H and O–H groups in total. The second-order valence-corrected chi connectivity index (χ2v) is 11.4. The highest BCUT2D eigenvalue weighted by Crippen LogP contribution is 2.43. The normalized spacial score (nSPS) is 17.6. The topological polar surface area (TPSA) is 85.0 Å². The molecule has 0 saturated carbocycles. The number of thiophene rings is 1. The first-order valence-electron chi connectivity index (χ1n) is 12.6. The highest BCUT2D eigenvalue weighted by molar-refractivity contribution is 7.19. The third-order valence-corrected chi connectivity index (χ3v) is 8.52. The monoisotopic (exact) mass is 576 g/mol. The predicted molar refractivity (Wildman–Crippen MR) is 145 cm³/mol. The van der Waals surface area contributed by atoms with Crippen LogP contribution in [0.15, 0.2) is 46.4 Å².